The average Bonchev–Trinajstić information content (AvgIpc) is 2.30. The number of rotatable bonds is 2. The van der Waals surface area contributed by atoms with Crippen molar-refractivity contribution in [3.63, 3.8) is 0 Å². The van der Waals surface area contributed by atoms with Crippen LogP contribution in [0.1, 0.15) is 25.6 Å². The lowest BCUT2D eigenvalue weighted by molar-refractivity contribution is -0.143. The largest absolute Gasteiger partial charge is 0.408 e. The fourth-order valence-corrected chi connectivity index (χ4v) is 1.28. The Morgan fingerprint density at radius 1 is 1.40 bits per heavy atom. The van der Waals surface area contributed by atoms with Gasteiger partial charge in [0.15, 0.2) is 0 Å². The van der Waals surface area contributed by atoms with Gasteiger partial charge in [-0.25, -0.2) is 9.48 Å². The maximum absolute atomic E-state index is 12.1. The van der Waals surface area contributed by atoms with E-state index in [4.69, 9.17) is 0 Å². The second-order valence-corrected chi connectivity index (χ2v) is 3.63. The summed E-state index contributed by atoms with van der Waals surface area (Å²) < 4.78 is 37.7. The lowest BCUT2D eigenvalue weighted by Crippen LogP contribution is -2.29. The van der Waals surface area contributed by atoms with Crippen molar-refractivity contribution in [2.45, 2.75) is 32.5 Å². The number of hydrogen-bond donors (Lipinski definition) is 0. The summed E-state index contributed by atoms with van der Waals surface area (Å²) in [6.07, 6.45) is -4.42. The van der Waals surface area contributed by atoms with Crippen LogP contribution in [0, 0.1) is 0 Å². The van der Waals surface area contributed by atoms with Gasteiger partial charge in [-0.1, -0.05) is 13.8 Å². The van der Waals surface area contributed by atoms with Crippen molar-refractivity contribution in [2.24, 2.45) is 7.05 Å². The molecule has 0 radical (unpaired) electrons. The average molecular weight is 223 g/mol. The molecule has 0 fully saturated rings. The molecule has 1 aromatic rings. The van der Waals surface area contributed by atoms with Gasteiger partial charge in [0.05, 0.1) is 0 Å². The minimum atomic E-state index is -4.42. The van der Waals surface area contributed by atoms with E-state index < -0.39 is 18.4 Å². The third kappa shape index (κ3) is 2.60. The van der Waals surface area contributed by atoms with Gasteiger partial charge in [-0.15, -0.1) is 0 Å². The first-order chi connectivity index (χ1) is 6.72. The van der Waals surface area contributed by atoms with Crippen molar-refractivity contribution in [1.82, 2.24) is 14.3 Å². The highest BCUT2D eigenvalue weighted by Crippen LogP contribution is 2.16. The Labute approximate surface area is 84.3 Å². The van der Waals surface area contributed by atoms with Crippen molar-refractivity contribution >= 4 is 0 Å². The summed E-state index contributed by atoms with van der Waals surface area (Å²) in [5.74, 6) is 0.265. The monoisotopic (exact) mass is 223 g/mol. The van der Waals surface area contributed by atoms with E-state index in [2.05, 4.69) is 5.10 Å². The number of aromatic nitrogens is 3. The molecule has 0 saturated heterocycles. The van der Waals surface area contributed by atoms with E-state index >= 15 is 0 Å². The summed E-state index contributed by atoms with van der Waals surface area (Å²) in [4.78, 5) is 11.3. The zero-order chi connectivity index (χ0) is 11.8. The first kappa shape index (κ1) is 11.8. The van der Waals surface area contributed by atoms with Gasteiger partial charge in [0.25, 0.3) is 0 Å². The van der Waals surface area contributed by atoms with E-state index in [9.17, 15) is 18.0 Å². The molecule has 0 aliphatic rings. The smallest absolute Gasteiger partial charge is 0.282 e. The molecule has 1 aromatic heterocycles. The summed E-state index contributed by atoms with van der Waals surface area (Å²) in [5.41, 5.74) is -0.740. The van der Waals surface area contributed by atoms with E-state index in [1.54, 1.807) is 13.8 Å². The Bertz CT molecular complexity index is 402. The quantitative estimate of drug-likeness (QED) is 0.757. The second-order valence-electron chi connectivity index (χ2n) is 3.63. The summed E-state index contributed by atoms with van der Waals surface area (Å²) >= 11 is 0. The van der Waals surface area contributed by atoms with Gasteiger partial charge in [-0.3, -0.25) is 4.57 Å². The Morgan fingerprint density at radius 3 is 2.27 bits per heavy atom. The first-order valence-corrected chi connectivity index (χ1v) is 4.43. The molecule has 0 atom stereocenters. The predicted octanol–water partition coefficient (Wildman–Crippen LogP) is 1.27. The van der Waals surface area contributed by atoms with E-state index in [0.29, 0.717) is 10.5 Å². The van der Waals surface area contributed by atoms with Gasteiger partial charge in [0.2, 0.25) is 0 Å². The standard InChI is InChI=1S/C8H12F3N3O/c1-5(2)6-12-14(4-8(9,10)11)7(15)13(6)3/h5H,4H2,1-3H3. The third-order valence-electron chi connectivity index (χ3n) is 1.92. The molecule has 0 N–H and O–H groups in total. The van der Waals surface area contributed by atoms with Crippen LogP contribution in [-0.2, 0) is 13.6 Å². The van der Waals surface area contributed by atoms with Crippen LogP contribution < -0.4 is 5.69 Å². The normalized spacial score (nSPS) is 12.5. The summed E-state index contributed by atoms with van der Waals surface area (Å²) in [5, 5.41) is 3.64. The van der Waals surface area contributed by atoms with Crippen molar-refractivity contribution in [2.75, 3.05) is 0 Å². The predicted molar refractivity (Wildman–Crippen MR) is 47.6 cm³/mol. The van der Waals surface area contributed by atoms with Gasteiger partial charge < -0.3 is 0 Å². The van der Waals surface area contributed by atoms with Crippen molar-refractivity contribution in [1.29, 1.82) is 0 Å². The van der Waals surface area contributed by atoms with E-state index in [0.717, 1.165) is 4.57 Å². The highest BCUT2D eigenvalue weighted by molar-refractivity contribution is 4.92. The molecule has 0 unspecified atom stereocenters. The fraction of sp³-hybridized carbons (Fsp3) is 0.750. The molecular formula is C8H12F3N3O. The highest BCUT2D eigenvalue weighted by atomic mass is 19.4. The molecule has 1 heterocycles. The van der Waals surface area contributed by atoms with Crippen LogP contribution in [0.5, 0.6) is 0 Å². The Kier molecular flexibility index (Phi) is 2.92. The van der Waals surface area contributed by atoms with Crippen LogP contribution in [0.25, 0.3) is 0 Å². The van der Waals surface area contributed by atoms with Crippen LogP contribution in [0.15, 0.2) is 4.79 Å². The maximum Gasteiger partial charge on any atom is 0.408 e. The summed E-state index contributed by atoms with van der Waals surface area (Å²) in [6.45, 7) is 2.19. The maximum atomic E-state index is 12.1. The van der Waals surface area contributed by atoms with Crippen LogP contribution in [0.3, 0.4) is 0 Å². The molecule has 4 nitrogen and oxygen atoms in total. The molecule has 0 bridgehead atoms. The number of alkyl halides is 3. The zero-order valence-corrected chi connectivity index (χ0v) is 8.67. The first-order valence-electron chi connectivity index (χ1n) is 4.43. The number of hydrogen-bond acceptors (Lipinski definition) is 2. The van der Waals surface area contributed by atoms with E-state index in [-0.39, 0.29) is 5.92 Å². The molecule has 0 aliphatic carbocycles. The van der Waals surface area contributed by atoms with Crippen LogP contribution >= 0.6 is 0 Å². The minimum absolute atomic E-state index is 0.0859. The van der Waals surface area contributed by atoms with Gasteiger partial charge in [0.1, 0.15) is 12.4 Å². The molecule has 1 rings (SSSR count). The molecule has 15 heavy (non-hydrogen) atoms. The Hall–Kier alpha value is -1.27. The molecule has 0 aromatic carbocycles. The van der Waals surface area contributed by atoms with Crippen molar-refractivity contribution < 1.29 is 13.2 Å². The number of halogens is 3. The molecule has 7 heteroatoms. The molecule has 0 aliphatic heterocycles. The lowest BCUT2D eigenvalue weighted by Gasteiger charge is -2.04. The van der Waals surface area contributed by atoms with E-state index in [1.165, 1.54) is 7.05 Å². The zero-order valence-electron chi connectivity index (χ0n) is 8.67. The van der Waals surface area contributed by atoms with Gasteiger partial charge in [0, 0.05) is 13.0 Å². The van der Waals surface area contributed by atoms with Gasteiger partial charge >= 0.3 is 11.9 Å². The van der Waals surface area contributed by atoms with E-state index in [1.807, 2.05) is 0 Å². The second kappa shape index (κ2) is 3.71. The summed E-state index contributed by atoms with van der Waals surface area (Å²) in [7, 11) is 1.41. The Balaban J connectivity index is 3.12. The van der Waals surface area contributed by atoms with Crippen LogP contribution in [0.2, 0.25) is 0 Å². The molecule has 86 valence electrons. The molecular weight excluding hydrogens is 211 g/mol. The highest BCUT2D eigenvalue weighted by Gasteiger charge is 2.30. The molecule has 0 spiro atoms. The molecule has 0 saturated carbocycles. The van der Waals surface area contributed by atoms with Gasteiger partial charge in [-0.05, 0) is 0 Å². The Morgan fingerprint density at radius 2 is 1.93 bits per heavy atom. The van der Waals surface area contributed by atoms with Crippen LogP contribution in [-0.4, -0.2) is 20.5 Å². The van der Waals surface area contributed by atoms with Crippen molar-refractivity contribution in [3.8, 4) is 0 Å². The minimum Gasteiger partial charge on any atom is -0.282 e. The lowest BCUT2D eigenvalue weighted by atomic mass is 10.2. The third-order valence-corrected chi connectivity index (χ3v) is 1.92. The molecule has 0 amide bonds. The number of nitrogens with zero attached hydrogens (tertiary/aromatic N) is 3. The topological polar surface area (TPSA) is 39.8 Å². The van der Waals surface area contributed by atoms with Crippen molar-refractivity contribution in [3.05, 3.63) is 16.3 Å². The SMILES string of the molecule is CC(C)c1nn(CC(F)(F)F)c(=O)n1C. The summed E-state index contributed by atoms with van der Waals surface area (Å²) in [6, 6.07) is 0. The van der Waals surface area contributed by atoms with Crippen LogP contribution in [0.4, 0.5) is 13.2 Å². The fourth-order valence-electron chi connectivity index (χ4n) is 1.28. The van der Waals surface area contributed by atoms with Gasteiger partial charge in [-0.2, -0.15) is 18.3 Å².